The summed E-state index contributed by atoms with van der Waals surface area (Å²) in [4.78, 5) is 11.8. The number of aliphatic hydroxyl groups is 3. The van der Waals surface area contributed by atoms with Crippen LogP contribution >= 0.6 is 0 Å². The molecule has 140 valence electrons. The van der Waals surface area contributed by atoms with Crippen LogP contribution in [0.15, 0.2) is 23.8 Å². The minimum atomic E-state index is -0.844. The van der Waals surface area contributed by atoms with Gasteiger partial charge in [0.2, 0.25) is 0 Å². The van der Waals surface area contributed by atoms with Crippen LogP contribution in [0, 0.1) is 22.7 Å². The molecule has 3 fully saturated rings. The fourth-order valence-electron chi connectivity index (χ4n) is 5.56. The number of hydrogen-bond donors (Lipinski definition) is 3. The van der Waals surface area contributed by atoms with Gasteiger partial charge in [-0.15, -0.1) is 0 Å². The van der Waals surface area contributed by atoms with Crippen LogP contribution in [0.1, 0.15) is 46.0 Å². The number of aliphatic hydroxyl groups excluding tert-OH is 3. The van der Waals surface area contributed by atoms with E-state index in [2.05, 4.69) is 13.5 Å². The van der Waals surface area contributed by atoms with E-state index in [4.69, 9.17) is 4.74 Å². The molecule has 6 atom stereocenters. The number of carbonyl (C=O) groups excluding carboxylic acids is 1. The summed E-state index contributed by atoms with van der Waals surface area (Å²) in [5.41, 5.74) is 0.911. The van der Waals surface area contributed by atoms with Crippen molar-refractivity contribution in [1.82, 2.24) is 0 Å². The highest BCUT2D eigenvalue weighted by molar-refractivity contribution is 5.91. The van der Waals surface area contributed by atoms with Gasteiger partial charge in [0.15, 0.2) is 0 Å². The second-order valence-corrected chi connectivity index (χ2v) is 8.54. The molecule has 0 aromatic rings. The molecule has 5 heteroatoms. The van der Waals surface area contributed by atoms with Crippen molar-refractivity contribution in [3.63, 3.8) is 0 Å². The maximum atomic E-state index is 11.8. The van der Waals surface area contributed by atoms with E-state index in [1.165, 1.54) is 0 Å². The van der Waals surface area contributed by atoms with Crippen molar-refractivity contribution in [2.75, 3.05) is 13.2 Å². The van der Waals surface area contributed by atoms with Gasteiger partial charge in [-0.2, -0.15) is 0 Å². The number of ether oxygens (including phenoxy) is 1. The highest BCUT2D eigenvalue weighted by Gasteiger charge is 2.57. The normalized spacial score (nSPS) is 46.2. The standard InChI is InChI=1S/C20H30O5/c1-12-4-7-16-19(2,9-8-17(23)20(16,3)11-21)14(12)6-5-13-15(22)10-25-18(13)24/h5,14-17,21-23H,1,4,6-11H2,2-3H3/b13-5-/t14-,15-,16+,17-,19?,20+/m1/s1. The summed E-state index contributed by atoms with van der Waals surface area (Å²) in [6.45, 7) is 8.50. The number of allylic oxidation sites excluding steroid dienone is 2. The van der Waals surface area contributed by atoms with Gasteiger partial charge in [-0.25, -0.2) is 4.79 Å². The lowest BCUT2D eigenvalue weighted by atomic mass is 9.46. The first-order valence-corrected chi connectivity index (χ1v) is 9.26. The molecule has 0 bridgehead atoms. The summed E-state index contributed by atoms with van der Waals surface area (Å²) in [5, 5.41) is 30.4. The average molecular weight is 350 g/mol. The topological polar surface area (TPSA) is 87.0 Å². The first kappa shape index (κ1) is 18.6. The summed E-state index contributed by atoms with van der Waals surface area (Å²) in [6.07, 6.45) is 4.42. The van der Waals surface area contributed by atoms with E-state index in [1.807, 2.05) is 13.0 Å². The molecule has 0 radical (unpaired) electrons. The summed E-state index contributed by atoms with van der Waals surface area (Å²) in [5.74, 6) is -0.0734. The van der Waals surface area contributed by atoms with E-state index < -0.39 is 23.6 Å². The largest absolute Gasteiger partial charge is 0.459 e. The second kappa shape index (κ2) is 6.53. The summed E-state index contributed by atoms with van der Waals surface area (Å²) >= 11 is 0. The minimum Gasteiger partial charge on any atom is -0.459 e. The van der Waals surface area contributed by atoms with Crippen LogP contribution in [0.4, 0.5) is 0 Å². The van der Waals surface area contributed by atoms with Gasteiger partial charge < -0.3 is 20.1 Å². The van der Waals surface area contributed by atoms with E-state index in [0.29, 0.717) is 18.4 Å². The van der Waals surface area contributed by atoms with Crippen LogP contribution < -0.4 is 0 Å². The average Bonchev–Trinajstić information content (AvgIpc) is 2.89. The van der Waals surface area contributed by atoms with Crippen LogP contribution in [0.5, 0.6) is 0 Å². The van der Waals surface area contributed by atoms with Crippen molar-refractivity contribution in [2.45, 2.75) is 58.2 Å². The lowest BCUT2D eigenvalue weighted by Gasteiger charge is -2.59. The van der Waals surface area contributed by atoms with Gasteiger partial charge in [0.05, 0.1) is 18.3 Å². The molecule has 0 aromatic heterocycles. The Bertz CT molecular complexity index is 597. The van der Waals surface area contributed by atoms with Crippen LogP contribution in [-0.4, -0.2) is 46.7 Å². The van der Waals surface area contributed by atoms with Gasteiger partial charge in [-0.05, 0) is 49.4 Å². The Labute approximate surface area is 149 Å². The van der Waals surface area contributed by atoms with Crippen LogP contribution in [0.3, 0.4) is 0 Å². The Balaban J connectivity index is 1.89. The molecular weight excluding hydrogens is 320 g/mol. The van der Waals surface area contributed by atoms with Crippen LogP contribution in [0.25, 0.3) is 0 Å². The van der Waals surface area contributed by atoms with Crippen molar-refractivity contribution < 1.29 is 24.9 Å². The Morgan fingerprint density at radius 2 is 2.04 bits per heavy atom. The van der Waals surface area contributed by atoms with Gasteiger partial charge in [-0.1, -0.05) is 32.1 Å². The molecule has 5 nitrogen and oxygen atoms in total. The van der Waals surface area contributed by atoms with Gasteiger partial charge in [0.1, 0.15) is 12.7 Å². The quantitative estimate of drug-likeness (QED) is 0.411. The summed E-state index contributed by atoms with van der Waals surface area (Å²) < 4.78 is 4.90. The summed E-state index contributed by atoms with van der Waals surface area (Å²) in [6, 6.07) is 0. The van der Waals surface area contributed by atoms with E-state index >= 15 is 0 Å². The molecule has 1 heterocycles. The summed E-state index contributed by atoms with van der Waals surface area (Å²) in [7, 11) is 0. The van der Waals surface area contributed by atoms with Crippen LogP contribution in [-0.2, 0) is 9.53 Å². The molecule has 3 N–H and O–H groups in total. The van der Waals surface area contributed by atoms with Crippen molar-refractivity contribution in [2.24, 2.45) is 22.7 Å². The third-order valence-electron chi connectivity index (χ3n) is 7.23. The Hall–Kier alpha value is -1.17. The molecule has 2 aliphatic carbocycles. The number of hydrogen-bond acceptors (Lipinski definition) is 5. The molecule has 0 spiro atoms. The fourth-order valence-corrected chi connectivity index (χ4v) is 5.56. The second-order valence-electron chi connectivity index (χ2n) is 8.54. The zero-order chi connectivity index (χ0) is 18.4. The maximum absolute atomic E-state index is 11.8. The molecular formula is C20H30O5. The third kappa shape index (κ3) is 2.86. The molecule has 2 saturated carbocycles. The van der Waals surface area contributed by atoms with E-state index in [1.54, 1.807) is 0 Å². The smallest absolute Gasteiger partial charge is 0.336 e. The maximum Gasteiger partial charge on any atom is 0.336 e. The van der Waals surface area contributed by atoms with E-state index in [9.17, 15) is 20.1 Å². The Kier molecular flexibility index (Phi) is 4.86. The van der Waals surface area contributed by atoms with Gasteiger partial charge in [0.25, 0.3) is 0 Å². The fraction of sp³-hybridized carbons (Fsp3) is 0.750. The minimum absolute atomic E-state index is 0.0280. The van der Waals surface area contributed by atoms with Gasteiger partial charge in [-0.3, -0.25) is 0 Å². The highest BCUT2D eigenvalue weighted by Crippen LogP contribution is 2.61. The zero-order valence-electron chi connectivity index (χ0n) is 15.2. The molecule has 25 heavy (non-hydrogen) atoms. The molecule has 1 aliphatic heterocycles. The van der Waals surface area contributed by atoms with Crippen molar-refractivity contribution in [3.05, 3.63) is 23.8 Å². The van der Waals surface area contributed by atoms with Crippen LogP contribution in [0.2, 0.25) is 0 Å². The first-order valence-electron chi connectivity index (χ1n) is 9.26. The van der Waals surface area contributed by atoms with Crippen molar-refractivity contribution >= 4 is 5.97 Å². The van der Waals surface area contributed by atoms with Crippen molar-refractivity contribution in [1.29, 1.82) is 0 Å². The number of carbonyl (C=O) groups is 1. The number of cyclic esters (lactones) is 1. The number of fused-ring (bicyclic) bond motifs is 1. The lowest BCUT2D eigenvalue weighted by Crippen LogP contribution is -2.57. The molecule has 3 aliphatic rings. The molecule has 1 unspecified atom stereocenters. The van der Waals surface area contributed by atoms with Gasteiger partial charge >= 0.3 is 5.97 Å². The van der Waals surface area contributed by atoms with E-state index in [0.717, 1.165) is 24.8 Å². The van der Waals surface area contributed by atoms with E-state index in [-0.39, 0.29) is 30.5 Å². The zero-order valence-corrected chi connectivity index (χ0v) is 15.2. The Morgan fingerprint density at radius 1 is 1.32 bits per heavy atom. The Morgan fingerprint density at radius 3 is 2.64 bits per heavy atom. The molecule has 0 aromatic carbocycles. The predicted molar refractivity (Wildman–Crippen MR) is 93.6 cm³/mol. The first-order chi connectivity index (χ1) is 11.7. The highest BCUT2D eigenvalue weighted by atomic mass is 16.6. The number of esters is 1. The number of rotatable bonds is 3. The molecule has 3 rings (SSSR count). The lowest BCUT2D eigenvalue weighted by molar-refractivity contribution is -0.151. The molecule has 0 amide bonds. The monoisotopic (exact) mass is 350 g/mol. The SMILES string of the molecule is C=C1CC[C@H]2C(C)(CC[C@@H](O)[C@@]2(C)CO)[C@@H]1C/C=C1\C(=O)OC[C@H]1O. The van der Waals surface area contributed by atoms with Gasteiger partial charge in [0, 0.05) is 5.41 Å². The molecule has 1 saturated heterocycles. The third-order valence-corrected chi connectivity index (χ3v) is 7.23. The predicted octanol–water partition coefficient (Wildman–Crippen LogP) is 1.96. The van der Waals surface area contributed by atoms with Crippen molar-refractivity contribution in [3.8, 4) is 0 Å².